The fraction of sp³-hybridized carbons (Fsp3) is 0.421. The molecule has 1 fully saturated rings. The van der Waals surface area contributed by atoms with Gasteiger partial charge in [-0.25, -0.2) is 9.97 Å². The molecule has 3 aromatic rings. The first-order valence-corrected chi connectivity index (χ1v) is 8.98. The van der Waals surface area contributed by atoms with Gasteiger partial charge >= 0.3 is 0 Å². The molecule has 0 amide bonds. The number of likely N-dealkylation sites (tertiary alicyclic amines) is 1. The average Bonchev–Trinajstić information content (AvgIpc) is 3.27. The fourth-order valence-corrected chi connectivity index (χ4v) is 3.82. The Morgan fingerprint density at radius 2 is 2.15 bits per heavy atom. The molecular formula is C19H23N5O2. The molecule has 7 heteroatoms. The molecule has 0 radical (unpaired) electrons. The lowest BCUT2D eigenvalue weighted by Gasteiger charge is -2.25. The zero-order valence-electron chi connectivity index (χ0n) is 14.9. The highest BCUT2D eigenvalue weighted by Crippen LogP contribution is 2.32. The van der Waals surface area contributed by atoms with E-state index in [0.717, 1.165) is 37.4 Å². The topological polar surface area (TPSA) is 76.2 Å². The molecule has 1 aliphatic rings. The monoisotopic (exact) mass is 353 g/mol. The minimum atomic E-state index is -0.0834. The second-order valence-corrected chi connectivity index (χ2v) is 6.83. The predicted octanol–water partition coefficient (Wildman–Crippen LogP) is 1.46. The number of imidazole rings is 1. The van der Waals surface area contributed by atoms with Gasteiger partial charge in [-0.2, -0.15) is 0 Å². The van der Waals surface area contributed by atoms with Gasteiger partial charge in [0.1, 0.15) is 5.82 Å². The molecule has 1 atom stereocenters. The molecule has 0 spiro atoms. The van der Waals surface area contributed by atoms with Crippen molar-refractivity contribution >= 4 is 10.9 Å². The van der Waals surface area contributed by atoms with Crippen LogP contribution in [-0.2, 0) is 20.1 Å². The zero-order valence-corrected chi connectivity index (χ0v) is 14.9. The number of benzene rings is 1. The van der Waals surface area contributed by atoms with E-state index >= 15 is 0 Å². The highest BCUT2D eigenvalue weighted by atomic mass is 16.3. The predicted molar refractivity (Wildman–Crippen MR) is 98.7 cm³/mol. The number of nitrogens with zero attached hydrogens (tertiary/aromatic N) is 5. The van der Waals surface area contributed by atoms with Gasteiger partial charge in [-0.15, -0.1) is 0 Å². The van der Waals surface area contributed by atoms with E-state index in [-0.39, 0.29) is 24.8 Å². The first kappa shape index (κ1) is 16.9. The van der Waals surface area contributed by atoms with Gasteiger partial charge in [-0.1, -0.05) is 12.1 Å². The van der Waals surface area contributed by atoms with Crippen molar-refractivity contribution in [3.05, 3.63) is 58.7 Å². The standard InChI is InChI=1S/C19H23N5O2/c1-22-11-14(20-13-22)12-23-8-4-7-17(23)18-21-16-6-3-2-5-15(16)19(26)24(18)9-10-25/h2-3,5-6,11,13,17,25H,4,7-10,12H2,1H3. The van der Waals surface area contributed by atoms with Crippen LogP contribution in [0.25, 0.3) is 10.9 Å². The van der Waals surface area contributed by atoms with Crippen molar-refractivity contribution in [3.8, 4) is 0 Å². The summed E-state index contributed by atoms with van der Waals surface area (Å²) in [5.74, 6) is 0.746. The summed E-state index contributed by atoms with van der Waals surface area (Å²) < 4.78 is 3.58. The summed E-state index contributed by atoms with van der Waals surface area (Å²) in [7, 11) is 1.96. The summed E-state index contributed by atoms with van der Waals surface area (Å²) in [5, 5.41) is 10.1. The summed E-state index contributed by atoms with van der Waals surface area (Å²) in [6, 6.07) is 7.47. The van der Waals surface area contributed by atoms with Gasteiger partial charge in [-0.05, 0) is 31.5 Å². The lowest BCUT2D eigenvalue weighted by Crippen LogP contribution is -2.33. The third-order valence-corrected chi connectivity index (χ3v) is 5.00. The van der Waals surface area contributed by atoms with Crippen LogP contribution in [0.5, 0.6) is 0 Å². The number of aryl methyl sites for hydroxylation is 1. The van der Waals surface area contributed by atoms with Crippen LogP contribution in [0.2, 0.25) is 0 Å². The number of hydrogen-bond acceptors (Lipinski definition) is 5. The number of aliphatic hydroxyl groups is 1. The van der Waals surface area contributed by atoms with E-state index in [2.05, 4.69) is 9.88 Å². The Kier molecular flexibility index (Phi) is 4.57. The molecule has 1 N–H and O–H groups in total. The minimum absolute atomic E-state index is 0.0564. The molecule has 136 valence electrons. The van der Waals surface area contributed by atoms with Crippen molar-refractivity contribution in [3.63, 3.8) is 0 Å². The third-order valence-electron chi connectivity index (χ3n) is 5.00. The van der Waals surface area contributed by atoms with Crippen LogP contribution >= 0.6 is 0 Å². The smallest absolute Gasteiger partial charge is 0.261 e. The number of rotatable bonds is 5. The quantitative estimate of drug-likeness (QED) is 0.751. The summed E-state index contributed by atoms with van der Waals surface area (Å²) in [6.45, 7) is 1.86. The minimum Gasteiger partial charge on any atom is -0.395 e. The van der Waals surface area contributed by atoms with Gasteiger partial charge in [0.05, 0.1) is 42.1 Å². The molecule has 26 heavy (non-hydrogen) atoms. The Morgan fingerprint density at radius 1 is 1.31 bits per heavy atom. The summed E-state index contributed by atoms with van der Waals surface area (Å²) in [5.41, 5.74) is 1.65. The number of para-hydroxylation sites is 1. The molecule has 2 aromatic heterocycles. The van der Waals surface area contributed by atoms with Gasteiger partial charge in [0.25, 0.3) is 5.56 Å². The van der Waals surface area contributed by atoms with Crippen LogP contribution in [-0.4, -0.2) is 42.3 Å². The summed E-state index contributed by atoms with van der Waals surface area (Å²) in [4.78, 5) is 24.5. The van der Waals surface area contributed by atoms with Crippen LogP contribution in [0.15, 0.2) is 41.6 Å². The van der Waals surface area contributed by atoms with Crippen molar-refractivity contribution < 1.29 is 5.11 Å². The second-order valence-electron chi connectivity index (χ2n) is 6.83. The van der Waals surface area contributed by atoms with Crippen molar-refractivity contribution in [1.82, 2.24) is 24.0 Å². The molecule has 7 nitrogen and oxygen atoms in total. The Labute approximate surface area is 151 Å². The van der Waals surface area contributed by atoms with Crippen molar-refractivity contribution in [1.29, 1.82) is 0 Å². The normalized spacial score (nSPS) is 18.0. The van der Waals surface area contributed by atoms with Gasteiger partial charge in [-0.3, -0.25) is 14.3 Å². The van der Waals surface area contributed by atoms with Gasteiger partial charge in [0.15, 0.2) is 0 Å². The van der Waals surface area contributed by atoms with E-state index < -0.39 is 0 Å². The molecule has 1 unspecified atom stereocenters. The van der Waals surface area contributed by atoms with Crippen LogP contribution in [0.1, 0.15) is 30.4 Å². The lowest BCUT2D eigenvalue weighted by atomic mass is 10.1. The third kappa shape index (κ3) is 3.04. The van der Waals surface area contributed by atoms with E-state index in [4.69, 9.17) is 4.98 Å². The lowest BCUT2D eigenvalue weighted by molar-refractivity contribution is 0.221. The SMILES string of the molecule is Cn1cnc(CN2CCCC2c2nc3ccccc3c(=O)n2CCO)c1. The molecule has 1 aliphatic heterocycles. The zero-order chi connectivity index (χ0) is 18.1. The molecule has 0 aliphatic carbocycles. The van der Waals surface area contributed by atoms with E-state index in [9.17, 15) is 9.90 Å². The van der Waals surface area contributed by atoms with Gasteiger partial charge in [0.2, 0.25) is 0 Å². The van der Waals surface area contributed by atoms with Gasteiger partial charge < -0.3 is 9.67 Å². The Morgan fingerprint density at radius 3 is 2.92 bits per heavy atom. The maximum absolute atomic E-state index is 12.9. The van der Waals surface area contributed by atoms with Gasteiger partial charge in [0, 0.05) is 19.8 Å². The average molecular weight is 353 g/mol. The summed E-state index contributed by atoms with van der Waals surface area (Å²) in [6.07, 6.45) is 5.82. The highest BCUT2D eigenvalue weighted by molar-refractivity contribution is 5.77. The first-order valence-electron chi connectivity index (χ1n) is 8.98. The Bertz CT molecular complexity index is 977. The Hall–Kier alpha value is -2.51. The summed E-state index contributed by atoms with van der Waals surface area (Å²) >= 11 is 0. The van der Waals surface area contributed by atoms with Crippen LogP contribution in [0.4, 0.5) is 0 Å². The second kappa shape index (κ2) is 7.01. The highest BCUT2D eigenvalue weighted by Gasteiger charge is 2.30. The molecule has 0 saturated carbocycles. The van der Waals surface area contributed by atoms with Crippen LogP contribution in [0, 0.1) is 0 Å². The van der Waals surface area contributed by atoms with E-state index in [1.807, 2.05) is 36.0 Å². The molecule has 3 heterocycles. The number of aromatic nitrogens is 4. The molecule has 0 bridgehead atoms. The van der Waals surface area contributed by atoms with E-state index in [1.165, 1.54) is 0 Å². The number of hydrogen-bond donors (Lipinski definition) is 1. The van der Waals surface area contributed by atoms with Crippen molar-refractivity contribution in [2.24, 2.45) is 7.05 Å². The molecule has 4 rings (SSSR count). The van der Waals surface area contributed by atoms with Crippen molar-refractivity contribution in [2.75, 3.05) is 13.2 Å². The van der Waals surface area contributed by atoms with Crippen LogP contribution in [0.3, 0.4) is 0 Å². The Balaban J connectivity index is 1.76. The largest absolute Gasteiger partial charge is 0.395 e. The maximum atomic E-state index is 12.9. The fourth-order valence-electron chi connectivity index (χ4n) is 3.82. The van der Waals surface area contributed by atoms with E-state index in [1.54, 1.807) is 17.0 Å². The first-order chi connectivity index (χ1) is 12.7. The maximum Gasteiger partial charge on any atom is 0.261 e. The van der Waals surface area contributed by atoms with Crippen molar-refractivity contribution in [2.45, 2.75) is 32.0 Å². The number of fused-ring (bicyclic) bond motifs is 1. The van der Waals surface area contributed by atoms with E-state index in [0.29, 0.717) is 10.9 Å². The van der Waals surface area contributed by atoms with Crippen LogP contribution < -0.4 is 5.56 Å². The number of aliphatic hydroxyl groups excluding tert-OH is 1. The molecule has 1 saturated heterocycles. The molecule has 1 aromatic carbocycles. The molecular weight excluding hydrogens is 330 g/mol.